The Morgan fingerprint density at radius 2 is 2.21 bits per heavy atom. The fraction of sp³-hybridized carbons (Fsp3) is 0.500. The zero-order valence-corrected chi connectivity index (χ0v) is 7.87. The van der Waals surface area contributed by atoms with Crippen molar-refractivity contribution in [1.82, 2.24) is 9.36 Å². The van der Waals surface area contributed by atoms with Gasteiger partial charge in [-0.3, -0.25) is 4.79 Å². The summed E-state index contributed by atoms with van der Waals surface area (Å²) in [4.78, 5) is 14.4. The molecule has 1 aromatic rings. The molecule has 78 valence electrons. The lowest BCUT2D eigenvalue weighted by Crippen LogP contribution is -2.21. The minimum atomic E-state index is -4.50. The Hall–Kier alpha value is -1.18. The Kier molecular flexibility index (Phi) is 3.04. The molecule has 0 aliphatic rings. The van der Waals surface area contributed by atoms with Crippen LogP contribution in [0.5, 0.6) is 0 Å². The number of carbonyl (C=O) groups is 1. The lowest BCUT2D eigenvalue weighted by atomic mass is 10.4. The standard InChI is InChI=1S/C6H6F3N3OS/c1-3-10-5(14-12-3)11-4(13)2-6(7,8)9/h2H2,1H3,(H,10,11,12,13). The second kappa shape index (κ2) is 3.91. The van der Waals surface area contributed by atoms with Crippen LogP contribution in [0.15, 0.2) is 0 Å². The van der Waals surface area contributed by atoms with E-state index in [1.54, 1.807) is 6.92 Å². The summed E-state index contributed by atoms with van der Waals surface area (Å²) in [6, 6.07) is 0. The van der Waals surface area contributed by atoms with Gasteiger partial charge in [-0.2, -0.15) is 17.5 Å². The second-order valence-corrected chi connectivity index (χ2v) is 3.24. The molecular weight excluding hydrogens is 219 g/mol. The molecule has 8 heteroatoms. The van der Waals surface area contributed by atoms with Gasteiger partial charge >= 0.3 is 6.18 Å². The third-order valence-corrected chi connectivity index (χ3v) is 1.86. The third kappa shape index (κ3) is 3.69. The molecule has 0 aliphatic heterocycles. The van der Waals surface area contributed by atoms with E-state index in [0.717, 1.165) is 11.5 Å². The van der Waals surface area contributed by atoms with Gasteiger partial charge in [0.05, 0.1) is 0 Å². The van der Waals surface area contributed by atoms with Crippen molar-refractivity contribution < 1.29 is 18.0 Å². The molecule has 0 fully saturated rings. The Balaban J connectivity index is 2.50. The minimum absolute atomic E-state index is 0.0803. The van der Waals surface area contributed by atoms with Gasteiger partial charge in [-0.05, 0) is 6.92 Å². The minimum Gasteiger partial charge on any atom is -0.300 e. The van der Waals surface area contributed by atoms with Gasteiger partial charge in [-0.1, -0.05) is 0 Å². The van der Waals surface area contributed by atoms with Crippen LogP contribution in [0.1, 0.15) is 12.2 Å². The van der Waals surface area contributed by atoms with Gasteiger partial charge < -0.3 is 5.32 Å². The first kappa shape index (κ1) is 10.9. The van der Waals surface area contributed by atoms with Crippen LogP contribution < -0.4 is 5.32 Å². The number of nitrogens with zero attached hydrogens (tertiary/aromatic N) is 2. The first-order valence-corrected chi connectivity index (χ1v) is 4.31. The molecule has 0 unspecified atom stereocenters. The van der Waals surface area contributed by atoms with E-state index >= 15 is 0 Å². The zero-order valence-electron chi connectivity index (χ0n) is 7.05. The molecule has 0 bridgehead atoms. The number of nitrogens with one attached hydrogen (secondary N) is 1. The summed E-state index contributed by atoms with van der Waals surface area (Å²) >= 11 is 0.843. The largest absolute Gasteiger partial charge is 0.397 e. The summed E-state index contributed by atoms with van der Waals surface area (Å²) in [5.41, 5.74) is 0. The van der Waals surface area contributed by atoms with Crippen molar-refractivity contribution >= 4 is 22.6 Å². The van der Waals surface area contributed by atoms with Crippen LogP contribution >= 0.6 is 11.5 Å². The van der Waals surface area contributed by atoms with E-state index in [4.69, 9.17) is 0 Å². The van der Waals surface area contributed by atoms with Crippen LogP contribution in [-0.4, -0.2) is 21.4 Å². The number of amides is 1. The highest BCUT2D eigenvalue weighted by atomic mass is 32.1. The summed E-state index contributed by atoms with van der Waals surface area (Å²) in [5, 5.41) is 2.09. The van der Waals surface area contributed by atoms with Crippen LogP contribution in [0, 0.1) is 6.92 Å². The van der Waals surface area contributed by atoms with Crippen LogP contribution in [0.3, 0.4) is 0 Å². The van der Waals surface area contributed by atoms with Crippen molar-refractivity contribution in [3.05, 3.63) is 5.82 Å². The van der Waals surface area contributed by atoms with Gasteiger partial charge in [0.25, 0.3) is 0 Å². The molecular formula is C6H6F3N3OS. The number of rotatable bonds is 2. The Morgan fingerprint density at radius 3 is 2.64 bits per heavy atom. The molecule has 0 spiro atoms. The lowest BCUT2D eigenvalue weighted by Gasteiger charge is -2.04. The molecule has 4 nitrogen and oxygen atoms in total. The molecule has 0 aromatic carbocycles. The average Bonchev–Trinajstić information content (AvgIpc) is 2.30. The Bertz CT molecular complexity index is 335. The highest BCUT2D eigenvalue weighted by Gasteiger charge is 2.31. The van der Waals surface area contributed by atoms with E-state index in [0.29, 0.717) is 5.82 Å². The van der Waals surface area contributed by atoms with E-state index in [1.165, 1.54) is 0 Å². The van der Waals surface area contributed by atoms with E-state index in [9.17, 15) is 18.0 Å². The lowest BCUT2D eigenvalue weighted by molar-refractivity contribution is -0.150. The molecule has 0 saturated carbocycles. The highest BCUT2D eigenvalue weighted by Crippen LogP contribution is 2.20. The van der Waals surface area contributed by atoms with Crippen molar-refractivity contribution in [3.63, 3.8) is 0 Å². The Labute approximate surface area is 81.3 Å². The van der Waals surface area contributed by atoms with Crippen molar-refractivity contribution in [2.24, 2.45) is 0 Å². The highest BCUT2D eigenvalue weighted by molar-refractivity contribution is 7.09. The van der Waals surface area contributed by atoms with Gasteiger partial charge in [-0.15, -0.1) is 0 Å². The zero-order chi connectivity index (χ0) is 10.8. The number of anilines is 1. The number of halogens is 3. The third-order valence-electron chi connectivity index (χ3n) is 1.13. The predicted octanol–water partition coefficient (Wildman–Crippen LogP) is 1.74. The monoisotopic (exact) mass is 225 g/mol. The maximum absolute atomic E-state index is 11.7. The average molecular weight is 225 g/mol. The van der Waals surface area contributed by atoms with E-state index in [1.807, 2.05) is 5.32 Å². The van der Waals surface area contributed by atoms with Crippen molar-refractivity contribution in [2.45, 2.75) is 19.5 Å². The summed E-state index contributed by atoms with van der Waals surface area (Å²) in [6.07, 6.45) is -6.00. The SMILES string of the molecule is Cc1nsc(NC(=O)CC(F)(F)F)n1. The van der Waals surface area contributed by atoms with Crippen LogP contribution in [0.2, 0.25) is 0 Å². The number of aromatic nitrogens is 2. The smallest absolute Gasteiger partial charge is 0.300 e. The molecule has 1 rings (SSSR count). The van der Waals surface area contributed by atoms with E-state index in [-0.39, 0.29) is 5.13 Å². The molecule has 0 radical (unpaired) electrons. The van der Waals surface area contributed by atoms with Crippen LogP contribution in [0.4, 0.5) is 18.3 Å². The number of carbonyl (C=O) groups excluding carboxylic acids is 1. The fourth-order valence-corrected chi connectivity index (χ4v) is 1.29. The van der Waals surface area contributed by atoms with Crippen molar-refractivity contribution in [3.8, 4) is 0 Å². The molecule has 1 amide bonds. The maximum Gasteiger partial charge on any atom is 0.397 e. The van der Waals surface area contributed by atoms with Gasteiger partial charge in [0.15, 0.2) is 0 Å². The second-order valence-electron chi connectivity index (χ2n) is 2.49. The molecule has 0 atom stereocenters. The van der Waals surface area contributed by atoms with Gasteiger partial charge in [0.2, 0.25) is 11.0 Å². The number of hydrogen-bond acceptors (Lipinski definition) is 4. The molecule has 1 N–H and O–H groups in total. The molecule has 1 heterocycles. The van der Waals surface area contributed by atoms with Gasteiger partial charge in [0, 0.05) is 11.5 Å². The van der Waals surface area contributed by atoms with Gasteiger partial charge in [-0.25, -0.2) is 4.98 Å². The predicted molar refractivity (Wildman–Crippen MR) is 43.9 cm³/mol. The van der Waals surface area contributed by atoms with Gasteiger partial charge in [0.1, 0.15) is 12.2 Å². The van der Waals surface area contributed by atoms with Crippen LogP contribution in [0.25, 0.3) is 0 Å². The molecule has 0 saturated heterocycles. The molecule has 0 aliphatic carbocycles. The topological polar surface area (TPSA) is 54.9 Å². The van der Waals surface area contributed by atoms with Crippen molar-refractivity contribution in [1.29, 1.82) is 0 Å². The first-order chi connectivity index (χ1) is 6.37. The summed E-state index contributed by atoms with van der Waals surface area (Å²) in [7, 11) is 0. The summed E-state index contributed by atoms with van der Waals surface area (Å²) < 4.78 is 38.9. The molecule has 1 aromatic heterocycles. The van der Waals surface area contributed by atoms with E-state index in [2.05, 4.69) is 9.36 Å². The number of aryl methyl sites for hydroxylation is 1. The van der Waals surface area contributed by atoms with E-state index < -0.39 is 18.5 Å². The summed E-state index contributed by atoms with van der Waals surface area (Å²) in [5.74, 6) is -0.717. The van der Waals surface area contributed by atoms with Crippen molar-refractivity contribution in [2.75, 3.05) is 5.32 Å². The molecule has 14 heavy (non-hydrogen) atoms. The fourth-order valence-electron chi connectivity index (χ4n) is 0.693. The Morgan fingerprint density at radius 1 is 1.57 bits per heavy atom. The quantitative estimate of drug-likeness (QED) is 0.834. The summed E-state index contributed by atoms with van der Waals surface area (Å²) in [6.45, 7) is 1.58. The maximum atomic E-state index is 11.7. The normalized spacial score (nSPS) is 11.4. The number of hydrogen-bond donors (Lipinski definition) is 1. The first-order valence-electron chi connectivity index (χ1n) is 3.54. The number of alkyl halides is 3. The van der Waals surface area contributed by atoms with Crippen LogP contribution in [-0.2, 0) is 4.79 Å².